The second kappa shape index (κ2) is 4.56. The van der Waals surface area contributed by atoms with Gasteiger partial charge in [0, 0.05) is 13.0 Å². The number of H-pyrrole nitrogens is 1. The van der Waals surface area contributed by atoms with Crippen molar-refractivity contribution in [2.24, 2.45) is 5.73 Å². The van der Waals surface area contributed by atoms with Crippen molar-refractivity contribution in [2.45, 2.75) is 19.4 Å². The predicted molar refractivity (Wildman–Crippen MR) is 46.6 cm³/mol. The molecule has 4 N–H and O–H groups in total. The summed E-state index contributed by atoms with van der Waals surface area (Å²) in [7, 11) is 0. The topological polar surface area (TPSA) is 96.7 Å². The molecule has 0 bridgehead atoms. The minimum Gasteiger partial charge on any atom is -0.346 e. The van der Waals surface area contributed by atoms with Gasteiger partial charge in [-0.15, -0.1) is 0 Å². The summed E-state index contributed by atoms with van der Waals surface area (Å²) in [6.07, 6.45) is 1.74. The molecule has 0 fully saturated rings. The molecule has 0 spiro atoms. The number of hydrogen-bond acceptors (Lipinski definition) is 4. The summed E-state index contributed by atoms with van der Waals surface area (Å²) in [6, 6.07) is -0.151. The molecule has 0 radical (unpaired) electrons. The number of rotatable bonds is 4. The van der Waals surface area contributed by atoms with Crippen molar-refractivity contribution in [1.82, 2.24) is 20.5 Å². The van der Waals surface area contributed by atoms with Crippen molar-refractivity contribution < 1.29 is 4.79 Å². The molecule has 0 aliphatic rings. The van der Waals surface area contributed by atoms with Crippen LogP contribution in [0.25, 0.3) is 0 Å². The highest BCUT2D eigenvalue weighted by molar-refractivity contribution is 5.76. The lowest BCUT2D eigenvalue weighted by molar-refractivity contribution is -0.121. The van der Waals surface area contributed by atoms with E-state index in [4.69, 9.17) is 5.73 Å². The van der Waals surface area contributed by atoms with Crippen LogP contribution in [-0.2, 0) is 4.79 Å². The number of carbonyl (C=O) groups is 1. The van der Waals surface area contributed by atoms with Gasteiger partial charge in [0.05, 0.1) is 6.04 Å². The van der Waals surface area contributed by atoms with E-state index >= 15 is 0 Å². The normalized spacial score (nSPS) is 12.5. The SMILES string of the molecule is CC(NC(=O)CCN)c1ncn[nH]1. The first-order valence-electron chi connectivity index (χ1n) is 4.08. The molecule has 1 amide bonds. The van der Waals surface area contributed by atoms with Crippen LogP contribution in [0.2, 0.25) is 0 Å². The average Bonchev–Trinajstić information content (AvgIpc) is 2.55. The van der Waals surface area contributed by atoms with Gasteiger partial charge in [-0.25, -0.2) is 4.98 Å². The lowest BCUT2D eigenvalue weighted by Gasteiger charge is -2.09. The summed E-state index contributed by atoms with van der Waals surface area (Å²) in [4.78, 5) is 15.0. The van der Waals surface area contributed by atoms with E-state index < -0.39 is 0 Å². The Morgan fingerprint density at radius 2 is 2.62 bits per heavy atom. The molecule has 1 atom stereocenters. The molecule has 0 aliphatic heterocycles. The van der Waals surface area contributed by atoms with Gasteiger partial charge >= 0.3 is 0 Å². The number of carbonyl (C=O) groups excluding carboxylic acids is 1. The van der Waals surface area contributed by atoms with Gasteiger partial charge in [0.2, 0.25) is 5.91 Å². The van der Waals surface area contributed by atoms with Crippen molar-refractivity contribution in [1.29, 1.82) is 0 Å². The van der Waals surface area contributed by atoms with Crippen LogP contribution < -0.4 is 11.1 Å². The van der Waals surface area contributed by atoms with Crippen molar-refractivity contribution in [2.75, 3.05) is 6.54 Å². The average molecular weight is 183 g/mol. The Kier molecular flexibility index (Phi) is 3.39. The lowest BCUT2D eigenvalue weighted by Crippen LogP contribution is -2.28. The Bertz CT molecular complexity index is 258. The molecule has 0 aliphatic carbocycles. The zero-order valence-corrected chi connectivity index (χ0v) is 7.45. The van der Waals surface area contributed by atoms with E-state index in [1.54, 1.807) is 0 Å². The number of hydrogen-bond donors (Lipinski definition) is 3. The maximum absolute atomic E-state index is 11.1. The maximum Gasteiger partial charge on any atom is 0.221 e. The monoisotopic (exact) mass is 183 g/mol. The van der Waals surface area contributed by atoms with E-state index in [-0.39, 0.29) is 11.9 Å². The number of nitrogens with zero attached hydrogens (tertiary/aromatic N) is 2. The smallest absolute Gasteiger partial charge is 0.221 e. The van der Waals surface area contributed by atoms with Gasteiger partial charge in [-0.3, -0.25) is 9.89 Å². The van der Waals surface area contributed by atoms with E-state index in [1.165, 1.54) is 6.33 Å². The molecule has 1 rings (SSSR count). The minimum atomic E-state index is -0.151. The molecule has 1 aromatic heterocycles. The first kappa shape index (κ1) is 9.66. The predicted octanol–water partition coefficient (Wildman–Crippen LogP) is -0.669. The zero-order valence-electron chi connectivity index (χ0n) is 7.45. The van der Waals surface area contributed by atoms with Crippen molar-refractivity contribution in [3.05, 3.63) is 12.2 Å². The van der Waals surface area contributed by atoms with Crippen LogP contribution in [0.4, 0.5) is 0 Å². The number of amides is 1. The minimum absolute atomic E-state index is 0.0774. The third kappa shape index (κ3) is 2.83. The molecule has 1 aromatic rings. The van der Waals surface area contributed by atoms with E-state index in [9.17, 15) is 4.79 Å². The Morgan fingerprint density at radius 3 is 3.15 bits per heavy atom. The largest absolute Gasteiger partial charge is 0.346 e. The number of aromatic amines is 1. The van der Waals surface area contributed by atoms with Crippen molar-refractivity contribution >= 4 is 5.91 Å². The molecule has 1 heterocycles. The molecule has 0 saturated heterocycles. The van der Waals surface area contributed by atoms with E-state index in [2.05, 4.69) is 20.5 Å². The van der Waals surface area contributed by atoms with Crippen LogP contribution in [0.1, 0.15) is 25.2 Å². The molecule has 0 aromatic carbocycles. The summed E-state index contributed by atoms with van der Waals surface area (Å²) >= 11 is 0. The molecule has 6 nitrogen and oxygen atoms in total. The van der Waals surface area contributed by atoms with Gasteiger partial charge in [-0.05, 0) is 6.92 Å². The molecular formula is C7H13N5O. The zero-order chi connectivity index (χ0) is 9.68. The number of aromatic nitrogens is 3. The Morgan fingerprint density at radius 1 is 1.85 bits per heavy atom. The van der Waals surface area contributed by atoms with Gasteiger partial charge < -0.3 is 11.1 Å². The lowest BCUT2D eigenvalue weighted by atomic mass is 10.3. The molecule has 1 unspecified atom stereocenters. The second-order valence-corrected chi connectivity index (χ2v) is 2.70. The Balaban J connectivity index is 2.42. The van der Waals surface area contributed by atoms with Gasteiger partial charge in [0.15, 0.2) is 0 Å². The highest BCUT2D eigenvalue weighted by atomic mass is 16.1. The van der Waals surface area contributed by atoms with E-state index in [0.29, 0.717) is 18.8 Å². The standard InChI is InChI=1S/C7H13N5O/c1-5(7-9-4-10-12-7)11-6(13)2-3-8/h4-5H,2-3,8H2,1H3,(H,11,13)(H,9,10,12). The van der Waals surface area contributed by atoms with E-state index in [0.717, 1.165) is 0 Å². The summed E-state index contributed by atoms with van der Waals surface area (Å²) in [5.74, 6) is 0.566. The molecular weight excluding hydrogens is 170 g/mol. The van der Waals surface area contributed by atoms with Crippen LogP contribution in [0, 0.1) is 0 Å². The van der Waals surface area contributed by atoms with Crippen LogP contribution >= 0.6 is 0 Å². The first-order chi connectivity index (χ1) is 6.24. The van der Waals surface area contributed by atoms with Gasteiger partial charge in [-0.1, -0.05) is 0 Å². The van der Waals surface area contributed by atoms with Crippen LogP contribution in [0.15, 0.2) is 6.33 Å². The third-order valence-electron chi connectivity index (χ3n) is 1.59. The summed E-state index contributed by atoms with van der Waals surface area (Å²) in [5, 5.41) is 9.09. The fraction of sp³-hybridized carbons (Fsp3) is 0.571. The summed E-state index contributed by atoms with van der Waals surface area (Å²) in [6.45, 7) is 2.18. The second-order valence-electron chi connectivity index (χ2n) is 2.70. The number of nitrogens with one attached hydrogen (secondary N) is 2. The highest BCUT2D eigenvalue weighted by Crippen LogP contribution is 2.03. The van der Waals surface area contributed by atoms with Crippen molar-refractivity contribution in [3.8, 4) is 0 Å². The molecule has 6 heteroatoms. The molecule has 72 valence electrons. The van der Waals surface area contributed by atoms with Gasteiger partial charge in [0.25, 0.3) is 0 Å². The summed E-state index contributed by atoms with van der Waals surface area (Å²) < 4.78 is 0. The van der Waals surface area contributed by atoms with Gasteiger partial charge in [0.1, 0.15) is 12.2 Å². The van der Waals surface area contributed by atoms with Crippen molar-refractivity contribution in [3.63, 3.8) is 0 Å². The third-order valence-corrected chi connectivity index (χ3v) is 1.59. The quantitative estimate of drug-likeness (QED) is 0.576. The highest BCUT2D eigenvalue weighted by Gasteiger charge is 2.10. The van der Waals surface area contributed by atoms with Crippen LogP contribution in [0.3, 0.4) is 0 Å². The number of nitrogens with two attached hydrogens (primary N) is 1. The fourth-order valence-electron chi connectivity index (χ4n) is 0.937. The van der Waals surface area contributed by atoms with Crippen LogP contribution in [0.5, 0.6) is 0 Å². The van der Waals surface area contributed by atoms with Gasteiger partial charge in [-0.2, -0.15) is 5.10 Å². The first-order valence-corrected chi connectivity index (χ1v) is 4.08. The molecule has 13 heavy (non-hydrogen) atoms. The fourth-order valence-corrected chi connectivity index (χ4v) is 0.937. The Labute approximate surface area is 75.9 Å². The maximum atomic E-state index is 11.1. The van der Waals surface area contributed by atoms with E-state index in [1.807, 2.05) is 6.92 Å². The summed E-state index contributed by atoms with van der Waals surface area (Å²) in [5.41, 5.74) is 5.23. The molecule has 0 saturated carbocycles. The van der Waals surface area contributed by atoms with Crippen LogP contribution in [-0.4, -0.2) is 27.6 Å². The Hall–Kier alpha value is -1.43.